The summed E-state index contributed by atoms with van der Waals surface area (Å²) in [7, 11) is 1.78. The fourth-order valence-electron chi connectivity index (χ4n) is 3.32. The minimum atomic E-state index is -0.130. The van der Waals surface area contributed by atoms with E-state index in [1.54, 1.807) is 30.3 Å². The van der Waals surface area contributed by atoms with E-state index in [-0.39, 0.29) is 17.9 Å². The van der Waals surface area contributed by atoms with E-state index in [1.807, 2.05) is 29.2 Å². The van der Waals surface area contributed by atoms with Gasteiger partial charge < -0.3 is 10.2 Å². The predicted molar refractivity (Wildman–Crippen MR) is 112 cm³/mol. The number of hydrogen-bond acceptors (Lipinski definition) is 5. The van der Waals surface area contributed by atoms with E-state index in [0.717, 1.165) is 10.6 Å². The third kappa shape index (κ3) is 4.33. The molecule has 0 aliphatic carbocycles. The van der Waals surface area contributed by atoms with Crippen LogP contribution in [0.5, 0.6) is 0 Å². The van der Waals surface area contributed by atoms with Gasteiger partial charge in [0.05, 0.1) is 23.0 Å². The molecular weight excluding hydrogens is 410 g/mol. The summed E-state index contributed by atoms with van der Waals surface area (Å²) in [4.78, 5) is 31.9. The van der Waals surface area contributed by atoms with E-state index in [9.17, 15) is 9.59 Å². The molecule has 4 rings (SSSR count). The largest absolute Gasteiger partial charge is 0.349 e. The van der Waals surface area contributed by atoms with Crippen molar-refractivity contribution in [3.63, 3.8) is 0 Å². The van der Waals surface area contributed by atoms with Crippen LogP contribution in [0.3, 0.4) is 0 Å². The Morgan fingerprint density at radius 1 is 1.21 bits per heavy atom. The minimum absolute atomic E-state index is 0.0298. The average molecular weight is 430 g/mol. The molecule has 0 radical (unpaired) electrons. The standard InChI is InChI=1S/C20H20ClN5O2S/c1-25-12-13(10-23-25)18(27)24-14-6-8-26(9-7-14)20(28)17-11-22-19(29-17)15-4-2-3-5-16(15)21/h2-5,10-12,14H,6-9H2,1H3,(H,24,27). The average Bonchev–Trinajstić information content (AvgIpc) is 3.38. The quantitative estimate of drug-likeness (QED) is 0.690. The Morgan fingerprint density at radius 2 is 1.97 bits per heavy atom. The van der Waals surface area contributed by atoms with Gasteiger partial charge in [0, 0.05) is 37.9 Å². The van der Waals surface area contributed by atoms with Crippen molar-refractivity contribution >= 4 is 34.8 Å². The third-order valence-electron chi connectivity index (χ3n) is 4.91. The molecule has 1 N–H and O–H groups in total. The molecule has 1 fully saturated rings. The van der Waals surface area contributed by atoms with E-state index in [2.05, 4.69) is 15.4 Å². The highest BCUT2D eigenvalue weighted by Gasteiger charge is 2.26. The number of hydrogen-bond donors (Lipinski definition) is 1. The van der Waals surface area contributed by atoms with E-state index >= 15 is 0 Å². The summed E-state index contributed by atoms with van der Waals surface area (Å²) < 4.78 is 1.60. The molecule has 1 saturated heterocycles. The molecule has 0 spiro atoms. The lowest BCUT2D eigenvalue weighted by molar-refractivity contribution is 0.0702. The summed E-state index contributed by atoms with van der Waals surface area (Å²) >= 11 is 7.58. The van der Waals surface area contributed by atoms with Crippen molar-refractivity contribution in [1.29, 1.82) is 0 Å². The van der Waals surface area contributed by atoms with Crippen LogP contribution >= 0.6 is 22.9 Å². The van der Waals surface area contributed by atoms with E-state index in [1.165, 1.54) is 11.3 Å². The maximum Gasteiger partial charge on any atom is 0.265 e. The van der Waals surface area contributed by atoms with Gasteiger partial charge in [0.15, 0.2) is 0 Å². The molecule has 150 valence electrons. The van der Waals surface area contributed by atoms with E-state index in [0.29, 0.717) is 41.4 Å². The molecule has 3 aromatic rings. The molecule has 0 atom stereocenters. The number of piperidine rings is 1. The predicted octanol–water partition coefficient (Wildman–Crippen LogP) is 3.23. The monoisotopic (exact) mass is 429 g/mol. The second-order valence-corrected chi connectivity index (χ2v) is 8.39. The lowest BCUT2D eigenvalue weighted by Gasteiger charge is -2.32. The second-order valence-electron chi connectivity index (χ2n) is 6.95. The molecule has 9 heteroatoms. The van der Waals surface area contributed by atoms with Crippen LogP contribution in [0, 0.1) is 0 Å². The van der Waals surface area contributed by atoms with Crippen LogP contribution in [0.1, 0.15) is 32.9 Å². The number of nitrogens with one attached hydrogen (secondary N) is 1. The first-order valence-corrected chi connectivity index (χ1v) is 10.5. The first-order chi connectivity index (χ1) is 14.0. The van der Waals surface area contributed by atoms with Gasteiger partial charge in [-0.25, -0.2) is 4.98 Å². The molecule has 0 unspecified atom stereocenters. The summed E-state index contributed by atoms with van der Waals surface area (Å²) in [6.07, 6.45) is 6.28. The number of aromatic nitrogens is 3. The van der Waals surface area contributed by atoms with Crippen LogP contribution in [0.15, 0.2) is 42.9 Å². The Bertz CT molecular complexity index is 1040. The van der Waals surface area contributed by atoms with Crippen LogP contribution in [0.4, 0.5) is 0 Å². The highest BCUT2D eigenvalue weighted by atomic mass is 35.5. The van der Waals surface area contributed by atoms with Gasteiger partial charge in [-0.3, -0.25) is 14.3 Å². The van der Waals surface area contributed by atoms with Gasteiger partial charge in [-0.15, -0.1) is 11.3 Å². The van der Waals surface area contributed by atoms with Gasteiger partial charge in [0.2, 0.25) is 0 Å². The van der Waals surface area contributed by atoms with Crippen LogP contribution in [0.2, 0.25) is 5.02 Å². The number of amides is 2. The number of aryl methyl sites for hydroxylation is 1. The van der Waals surface area contributed by atoms with Crippen molar-refractivity contribution < 1.29 is 9.59 Å². The maximum atomic E-state index is 12.8. The molecule has 29 heavy (non-hydrogen) atoms. The molecular formula is C20H20ClN5O2S. The fourth-order valence-corrected chi connectivity index (χ4v) is 4.53. The minimum Gasteiger partial charge on any atom is -0.349 e. The number of likely N-dealkylation sites (tertiary alicyclic amines) is 1. The number of benzene rings is 1. The van der Waals surface area contributed by atoms with Crippen LogP contribution in [-0.4, -0.2) is 50.6 Å². The molecule has 0 bridgehead atoms. The normalized spacial score (nSPS) is 14.8. The topological polar surface area (TPSA) is 80.1 Å². The number of rotatable bonds is 4. The Hall–Kier alpha value is -2.71. The van der Waals surface area contributed by atoms with Crippen molar-refractivity contribution in [3.8, 4) is 10.6 Å². The van der Waals surface area contributed by atoms with E-state index < -0.39 is 0 Å². The summed E-state index contributed by atoms with van der Waals surface area (Å²) in [5.74, 6) is -0.160. The van der Waals surface area contributed by atoms with Gasteiger partial charge >= 0.3 is 0 Å². The molecule has 0 saturated carbocycles. The number of carbonyl (C=O) groups is 2. The molecule has 1 aliphatic heterocycles. The Kier molecular flexibility index (Phi) is 5.64. The zero-order chi connectivity index (χ0) is 20.4. The summed E-state index contributed by atoms with van der Waals surface area (Å²) in [5.41, 5.74) is 1.37. The summed E-state index contributed by atoms with van der Waals surface area (Å²) in [6.45, 7) is 1.19. The van der Waals surface area contributed by atoms with Crippen LogP contribution in [0.25, 0.3) is 10.6 Å². The van der Waals surface area contributed by atoms with Crippen molar-refractivity contribution in [2.45, 2.75) is 18.9 Å². The van der Waals surface area contributed by atoms with Crippen molar-refractivity contribution in [1.82, 2.24) is 25.0 Å². The zero-order valence-electron chi connectivity index (χ0n) is 15.8. The molecule has 2 amide bonds. The third-order valence-corrected chi connectivity index (χ3v) is 6.25. The lowest BCUT2D eigenvalue weighted by atomic mass is 10.0. The number of carbonyl (C=O) groups excluding carboxylic acids is 2. The Labute approximate surface area is 177 Å². The molecule has 3 heterocycles. The van der Waals surface area contributed by atoms with Crippen LogP contribution < -0.4 is 5.32 Å². The van der Waals surface area contributed by atoms with Gasteiger partial charge in [0.25, 0.3) is 11.8 Å². The Morgan fingerprint density at radius 3 is 2.66 bits per heavy atom. The van der Waals surface area contributed by atoms with Gasteiger partial charge in [-0.1, -0.05) is 29.8 Å². The lowest BCUT2D eigenvalue weighted by Crippen LogP contribution is -2.46. The van der Waals surface area contributed by atoms with Gasteiger partial charge in [0.1, 0.15) is 9.88 Å². The number of nitrogens with zero attached hydrogens (tertiary/aromatic N) is 4. The SMILES string of the molecule is Cn1cc(C(=O)NC2CCN(C(=O)c3cnc(-c4ccccc4Cl)s3)CC2)cn1. The van der Waals surface area contributed by atoms with E-state index in [4.69, 9.17) is 11.6 Å². The second kappa shape index (κ2) is 8.34. The maximum absolute atomic E-state index is 12.8. The first kappa shape index (κ1) is 19.6. The molecule has 1 aromatic carbocycles. The summed E-state index contributed by atoms with van der Waals surface area (Å²) in [6, 6.07) is 7.51. The molecule has 7 nitrogen and oxygen atoms in total. The van der Waals surface area contributed by atoms with Crippen molar-refractivity contribution in [2.24, 2.45) is 7.05 Å². The fraction of sp³-hybridized carbons (Fsp3) is 0.300. The van der Waals surface area contributed by atoms with Crippen molar-refractivity contribution in [2.75, 3.05) is 13.1 Å². The smallest absolute Gasteiger partial charge is 0.265 e. The Balaban J connectivity index is 1.35. The highest BCUT2D eigenvalue weighted by molar-refractivity contribution is 7.17. The summed E-state index contributed by atoms with van der Waals surface area (Å²) in [5, 5.41) is 8.39. The zero-order valence-corrected chi connectivity index (χ0v) is 17.4. The molecule has 2 aromatic heterocycles. The van der Waals surface area contributed by atoms with Gasteiger partial charge in [-0.05, 0) is 18.9 Å². The number of thiazole rings is 1. The van der Waals surface area contributed by atoms with Gasteiger partial charge in [-0.2, -0.15) is 5.10 Å². The highest BCUT2D eigenvalue weighted by Crippen LogP contribution is 2.31. The van der Waals surface area contributed by atoms with Crippen LogP contribution in [-0.2, 0) is 7.05 Å². The first-order valence-electron chi connectivity index (χ1n) is 9.31. The molecule has 1 aliphatic rings. The van der Waals surface area contributed by atoms with Crippen molar-refractivity contribution in [3.05, 3.63) is 58.3 Å². The number of halogens is 1.